The number of ketones is 1. The number of methoxy groups -OCH3 is 2. The Morgan fingerprint density at radius 1 is 0.886 bits per heavy atom. The van der Waals surface area contributed by atoms with Crippen LogP contribution in [0.25, 0.3) is 10.8 Å². The van der Waals surface area contributed by atoms with Crippen LogP contribution in [-0.2, 0) is 16.9 Å². The first-order valence-corrected chi connectivity index (χ1v) is 11.3. The summed E-state index contributed by atoms with van der Waals surface area (Å²) in [5.41, 5.74) is 0.355. The Morgan fingerprint density at radius 2 is 1.60 bits per heavy atom. The maximum Gasteiger partial charge on any atom is 0.264 e. The predicted molar refractivity (Wildman–Crippen MR) is 134 cm³/mol. The van der Waals surface area contributed by atoms with Gasteiger partial charge < -0.3 is 19.5 Å². The lowest BCUT2D eigenvalue weighted by molar-refractivity contribution is -0.136. The van der Waals surface area contributed by atoms with E-state index in [-0.39, 0.29) is 18.7 Å². The van der Waals surface area contributed by atoms with Gasteiger partial charge in [-0.05, 0) is 40.6 Å². The van der Waals surface area contributed by atoms with Crippen LogP contribution in [0, 0.1) is 0 Å². The SMILES string of the molecule is COc1ccc(C(=O)C[C@@]2(O)C(=O)N(Cc3cccc4ccccc34)c3ccccc32)cc1OC. The standard InChI is InChI=1S/C29H25NO5/c1-34-26-15-14-20(16-27(26)35-2)25(31)17-29(33)23-12-5-6-13-24(23)30(28(29)32)18-21-10-7-9-19-8-3-4-11-22(19)21/h3-16,33H,17-18H2,1-2H3/t29-/m0/s1. The summed E-state index contributed by atoms with van der Waals surface area (Å²) in [6.45, 7) is 0.282. The molecule has 0 unspecified atom stereocenters. The van der Waals surface area contributed by atoms with Gasteiger partial charge in [-0.1, -0.05) is 60.7 Å². The molecule has 1 amide bonds. The summed E-state index contributed by atoms with van der Waals surface area (Å²) in [5, 5.41) is 13.8. The van der Waals surface area contributed by atoms with Crippen LogP contribution < -0.4 is 14.4 Å². The molecule has 0 fully saturated rings. The fourth-order valence-corrected chi connectivity index (χ4v) is 4.78. The van der Waals surface area contributed by atoms with Crippen LogP contribution in [0.15, 0.2) is 84.9 Å². The summed E-state index contributed by atoms with van der Waals surface area (Å²) in [4.78, 5) is 28.5. The van der Waals surface area contributed by atoms with Gasteiger partial charge in [-0.2, -0.15) is 0 Å². The van der Waals surface area contributed by atoms with Crippen molar-refractivity contribution in [3.8, 4) is 11.5 Å². The van der Waals surface area contributed by atoms with Gasteiger partial charge in [0, 0.05) is 11.1 Å². The molecule has 1 N–H and O–H groups in total. The average molecular weight is 468 g/mol. The van der Waals surface area contributed by atoms with Gasteiger partial charge >= 0.3 is 0 Å². The number of amides is 1. The molecule has 0 saturated heterocycles. The van der Waals surface area contributed by atoms with Crippen LogP contribution in [0.2, 0.25) is 0 Å². The first-order valence-electron chi connectivity index (χ1n) is 11.3. The third-order valence-electron chi connectivity index (χ3n) is 6.57. The number of benzene rings is 4. The van der Waals surface area contributed by atoms with Crippen molar-refractivity contribution < 1.29 is 24.2 Å². The summed E-state index contributed by atoms with van der Waals surface area (Å²) in [6, 6.07) is 25.8. The molecule has 0 aliphatic carbocycles. The number of aliphatic hydroxyl groups is 1. The van der Waals surface area contributed by atoms with Gasteiger partial charge in [0.1, 0.15) is 0 Å². The van der Waals surface area contributed by atoms with E-state index in [1.165, 1.54) is 14.2 Å². The van der Waals surface area contributed by atoms with Crippen LogP contribution in [0.1, 0.15) is 27.9 Å². The first-order chi connectivity index (χ1) is 17.0. The van der Waals surface area contributed by atoms with E-state index in [4.69, 9.17) is 9.47 Å². The molecule has 6 heteroatoms. The molecular weight excluding hydrogens is 442 g/mol. The lowest BCUT2D eigenvalue weighted by atomic mass is 9.88. The maximum absolute atomic E-state index is 13.7. The zero-order chi connectivity index (χ0) is 24.6. The molecule has 6 nitrogen and oxygen atoms in total. The lowest BCUT2D eigenvalue weighted by Crippen LogP contribution is -2.41. The van der Waals surface area contributed by atoms with Crippen LogP contribution in [0.4, 0.5) is 5.69 Å². The van der Waals surface area contributed by atoms with Gasteiger partial charge in [0.25, 0.3) is 5.91 Å². The van der Waals surface area contributed by atoms with Crippen LogP contribution in [0.5, 0.6) is 11.5 Å². The quantitative estimate of drug-likeness (QED) is 0.393. The van der Waals surface area contributed by atoms with Gasteiger partial charge in [-0.15, -0.1) is 0 Å². The van der Waals surface area contributed by atoms with Crippen molar-refractivity contribution in [2.24, 2.45) is 0 Å². The van der Waals surface area contributed by atoms with Crippen molar-refractivity contribution >= 4 is 28.2 Å². The number of carbonyl (C=O) groups is 2. The van der Waals surface area contributed by atoms with Gasteiger partial charge in [-0.25, -0.2) is 0 Å². The Bertz CT molecular complexity index is 1440. The Balaban J connectivity index is 1.49. The van der Waals surface area contributed by atoms with Crippen LogP contribution in [-0.4, -0.2) is 31.0 Å². The Kier molecular flexibility index (Phi) is 5.75. The van der Waals surface area contributed by atoms with E-state index in [0.717, 1.165) is 16.3 Å². The summed E-state index contributed by atoms with van der Waals surface area (Å²) in [5.74, 6) is 0.0106. The largest absolute Gasteiger partial charge is 0.493 e. The number of carbonyl (C=O) groups excluding carboxylic acids is 2. The Hall–Kier alpha value is -4.16. The minimum Gasteiger partial charge on any atom is -0.493 e. The summed E-state index contributed by atoms with van der Waals surface area (Å²) >= 11 is 0. The highest BCUT2D eigenvalue weighted by Crippen LogP contribution is 2.44. The molecule has 1 heterocycles. The number of hydrogen-bond donors (Lipinski definition) is 1. The number of nitrogens with zero attached hydrogens (tertiary/aromatic N) is 1. The highest BCUT2D eigenvalue weighted by Gasteiger charge is 2.50. The molecule has 1 aliphatic heterocycles. The maximum atomic E-state index is 13.7. The second-order valence-corrected chi connectivity index (χ2v) is 8.58. The van der Waals surface area contributed by atoms with E-state index in [1.807, 2.05) is 48.5 Å². The van der Waals surface area contributed by atoms with Crippen LogP contribution in [0.3, 0.4) is 0 Å². The number of hydrogen-bond acceptors (Lipinski definition) is 5. The van der Waals surface area contributed by atoms with Crippen molar-refractivity contribution in [1.29, 1.82) is 0 Å². The summed E-state index contributed by atoms with van der Waals surface area (Å²) in [6.07, 6.45) is -0.385. The zero-order valence-electron chi connectivity index (χ0n) is 19.5. The molecule has 35 heavy (non-hydrogen) atoms. The molecule has 5 rings (SSSR count). The van der Waals surface area contributed by atoms with E-state index in [0.29, 0.717) is 28.3 Å². The summed E-state index contributed by atoms with van der Waals surface area (Å²) in [7, 11) is 3.00. The lowest BCUT2D eigenvalue weighted by Gasteiger charge is -2.23. The molecule has 176 valence electrons. The molecule has 0 radical (unpaired) electrons. The monoisotopic (exact) mass is 467 g/mol. The highest BCUT2D eigenvalue weighted by atomic mass is 16.5. The number of anilines is 1. The zero-order valence-corrected chi connectivity index (χ0v) is 19.5. The third-order valence-corrected chi connectivity index (χ3v) is 6.57. The fraction of sp³-hybridized carbons (Fsp3) is 0.172. The molecule has 0 aromatic heterocycles. The van der Waals surface area contributed by atoms with E-state index in [9.17, 15) is 14.7 Å². The number of ether oxygens (including phenoxy) is 2. The molecule has 4 aromatic carbocycles. The molecule has 4 aromatic rings. The molecule has 0 spiro atoms. The van der Waals surface area contributed by atoms with Gasteiger partial charge in [0.15, 0.2) is 22.9 Å². The van der Waals surface area contributed by atoms with E-state index in [1.54, 1.807) is 41.3 Å². The van der Waals surface area contributed by atoms with Crippen molar-refractivity contribution in [3.05, 3.63) is 102 Å². The normalized spacial score (nSPS) is 16.9. The number of fused-ring (bicyclic) bond motifs is 2. The number of Topliss-reactive ketones (excluding diaryl/α,β-unsaturated/α-hetero) is 1. The molecule has 1 atom stereocenters. The minimum atomic E-state index is -1.97. The highest BCUT2D eigenvalue weighted by molar-refractivity contribution is 6.11. The van der Waals surface area contributed by atoms with Gasteiger partial charge in [-0.3, -0.25) is 9.59 Å². The van der Waals surface area contributed by atoms with Crippen LogP contribution >= 0.6 is 0 Å². The minimum absolute atomic E-state index is 0.282. The van der Waals surface area contributed by atoms with E-state index >= 15 is 0 Å². The van der Waals surface area contributed by atoms with Crippen molar-refractivity contribution in [2.45, 2.75) is 18.6 Å². The molecular formula is C29H25NO5. The van der Waals surface area contributed by atoms with E-state index in [2.05, 4.69) is 0 Å². The molecule has 0 saturated carbocycles. The fourth-order valence-electron chi connectivity index (χ4n) is 4.78. The number of rotatable bonds is 7. The van der Waals surface area contributed by atoms with Crippen molar-refractivity contribution in [3.63, 3.8) is 0 Å². The third kappa shape index (κ3) is 3.82. The van der Waals surface area contributed by atoms with Gasteiger partial charge in [0.2, 0.25) is 0 Å². The van der Waals surface area contributed by atoms with Gasteiger partial charge in [0.05, 0.1) is 32.9 Å². The average Bonchev–Trinajstić information content (AvgIpc) is 3.10. The predicted octanol–water partition coefficient (Wildman–Crippen LogP) is 4.86. The molecule has 1 aliphatic rings. The van der Waals surface area contributed by atoms with E-state index < -0.39 is 11.5 Å². The Morgan fingerprint density at radius 3 is 2.40 bits per heavy atom. The topological polar surface area (TPSA) is 76.1 Å². The molecule has 0 bridgehead atoms. The van der Waals surface area contributed by atoms with Crippen molar-refractivity contribution in [1.82, 2.24) is 0 Å². The van der Waals surface area contributed by atoms with Crippen molar-refractivity contribution in [2.75, 3.05) is 19.1 Å². The smallest absolute Gasteiger partial charge is 0.264 e. The second kappa shape index (κ2) is 8.89. The first kappa shape index (κ1) is 22.6. The number of para-hydroxylation sites is 1. The Labute approximate surface area is 203 Å². The summed E-state index contributed by atoms with van der Waals surface area (Å²) < 4.78 is 10.5. The second-order valence-electron chi connectivity index (χ2n) is 8.58.